The quantitative estimate of drug-likeness (QED) is 0.0425. The minimum atomic E-state index is -0.870. The average Bonchev–Trinajstić information content (AvgIpc) is 3.23. The highest BCUT2D eigenvalue weighted by Crippen LogP contribution is 2.14. The molecule has 2 atom stereocenters. The highest BCUT2D eigenvalue weighted by atomic mass is 16.3. The Labute approximate surface area is 360 Å². The van der Waals surface area contributed by atoms with Gasteiger partial charge in [-0.25, -0.2) is 0 Å². The summed E-state index contributed by atoms with van der Waals surface area (Å²) >= 11 is 0. The van der Waals surface area contributed by atoms with Gasteiger partial charge in [-0.1, -0.05) is 227 Å². The third-order valence-corrected chi connectivity index (χ3v) is 10.6. The van der Waals surface area contributed by atoms with Crippen LogP contribution in [0.5, 0.6) is 0 Å². The van der Waals surface area contributed by atoms with E-state index in [1.54, 1.807) is 6.08 Å². The third-order valence-electron chi connectivity index (χ3n) is 10.6. The Kier molecular flexibility index (Phi) is 46.4. The fraction of sp³-hybridized carbons (Fsp3) is 0.685. The zero-order valence-electron chi connectivity index (χ0n) is 38.0. The standard InChI is InChI=1S/C54H93NO3/c1-3-5-7-9-11-13-15-17-19-21-22-23-24-25-26-27-28-29-30-31-32-34-36-38-40-42-44-46-48-50-54(58)55-52(51-56)53(57)49-47-45-43-41-39-37-35-33-20-18-16-14-12-10-8-6-4-2/h5,7,11,13,17,19,22-23,25-26,28-29,39,41,47,49,52-53,56-57H,3-4,6,8-10,12,14-16,18,20-21,24,27,30-38,40,42-46,48,50-51H2,1-2H3,(H,55,58)/b7-5-,13-11-,19-17-,23-22-,26-25-,29-28-,41-39+,49-47+. The summed E-state index contributed by atoms with van der Waals surface area (Å²) in [6.07, 6.45) is 72.4. The molecule has 0 aromatic heterocycles. The molecule has 3 N–H and O–H groups in total. The molecule has 0 aromatic carbocycles. The summed E-state index contributed by atoms with van der Waals surface area (Å²) in [6, 6.07) is -0.647. The maximum Gasteiger partial charge on any atom is 0.220 e. The molecule has 58 heavy (non-hydrogen) atoms. The van der Waals surface area contributed by atoms with Crippen molar-refractivity contribution in [2.75, 3.05) is 6.61 Å². The van der Waals surface area contributed by atoms with Gasteiger partial charge in [-0.2, -0.15) is 0 Å². The smallest absolute Gasteiger partial charge is 0.220 e. The van der Waals surface area contributed by atoms with Crippen molar-refractivity contribution in [2.24, 2.45) is 0 Å². The number of aliphatic hydroxyl groups is 2. The van der Waals surface area contributed by atoms with Gasteiger partial charge >= 0.3 is 0 Å². The summed E-state index contributed by atoms with van der Waals surface area (Å²) in [5.74, 6) is -0.0825. The third kappa shape index (κ3) is 44.4. The first-order valence-electron chi connectivity index (χ1n) is 24.5. The van der Waals surface area contributed by atoms with E-state index < -0.39 is 12.1 Å². The number of nitrogens with one attached hydrogen (secondary N) is 1. The van der Waals surface area contributed by atoms with Crippen LogP contribution in [0.2, 0.25) is 0 Å². The molecular formula is C54H93NO3. The molecule has 0 saturated carbocycles. The van der Waals surface area contributed by atoms with Crippen LogP contribution in [0.25, 0.3) is 0 Å². The summed E-state index contributed by atoms with van der Waals surface area (Å²) in [5, 5.41) is 23.0. The first kappa shape index (κ1) is 55.3. The summed E-state index contributed by atoms with van der Waals surface area (Å²) in [6.45, 7) is 4.18. The lowest BCUT2D eigenvalue weighted by atomic mass is 10.0. The number of hydrogen-bond acceptors (Lipinski definition) is 3. The molecule has 0 saturated heterocycles. The number of aliphatic hydroxyl groups excluding tert-OH is 2. The Bertz CT molecular complexity index is 1090. The minimum Gasteiger partial charge on any atom is -0.394 e. The van der Waals surface area contributed by atoms with Crippen LogP contribution in [-0.2, 0) is 4.79 Å². The van der Waals surface area contributed by atoms with Crippen molar-refractivity contribution in [3.63, 3.8) is 0 Å². The highest BCUT2D eigenvalue weighted by molar-refractivity contribution is 5.76. The molecule has 0 rings (SSSR count). The Morgan fingerprint density at radius 1 is 0.431 bits per heavy atom. The summed E-state index contributed by atoms with van der Waals surface area (Å²) in [5.41, 5.74) is 0. The zero-order chi connectivity index (χ0) is 42.1. The molecule has 0 aliphatic carbocycles. The molecule has 0 radical (unpaired) electrons. The normalized spacial score (nSPS) is 13.8. The van der Waals surface area contributed by atoms with Crippen molar-refractivity contribution in [1.29, 1.82) is 0 Å². The van der Waals surface area contributed by atoms with Gasteiger partial charge < -0.3 is 15.5 Å². The van der Waals surface area contributed by atoms with Gasteiger partial charge in [0.05, 0.1) is 18.8 Å². The van der Waals surface area contributed by atoms with E-state index in [0.717, 1.165) is 70.6 Å². The first-order valence-corrected chi connectivity index (χ1v) is 24.5. The second-order valence-electron chi connectivity index (χ2n) is 16.1. The van der Waals surface area contributed by atoms with E-state index >= 15 is 0 Å². The van der Waals surface area contributed by atoms with E-state index in [1.807, 2.05) is 6.08 Å². The number of carbonyl (C=O) groups excluding carboxylic acids is 1. The van der Waals surface area contributed by atoms with E-state index in [2.05, 4.69) is 104 Å². The number of allylic oxidation sites excluding steroid dienone is 15. The molecule has 0 bridgehead atoms. The van der Waals surface area contributed by atoms with Crippen LogP contribution in [0.15, 0.2) is 97.2 Å². The second kappa shape index (κ2) is 48.7. The van der Waals surface area contributed by atoms with Crippen LogP contribution in [0, 0.1) is 0 Å². The monoisotopic (exact) mass is 804 g/mol. The zero-order valence-corrected chi connectivity index (χ0v) is 38.0. The van der Waals surface area contributed by atoms with Gasteiger partial charge in [0.2, 0.25) is 5.91 Å². The Hall–Kier alpha value is -2.69. The topological polar surface area (TPSA) is 69.6 Å². The molecule has 0 spiro atoms. The van der Waals surface area contributed by atoms with Crippen LogP contribution in [0.1, 0.15) is 219 Å². The number of rotatable bonds is 43. The van der Waals surface area contributed by atoms with Gasteiger partial charge in [0, 0.05) is 6.42 Å². The lowest BCUT2D eigenvalue weighted by Crippen LogP contribution is -2.45. The van der Waals surface area contributed by atoms with E-state index in [-0.39, 0.29) is 12.5 Å². The number of carbonyl (C=O) groups is 1. The average molecular weight is 804 g/mol. The Morgan fingerprint density at radius 3 is 1.21 bits per heavy atom. The maximum absolute atomic E-state index is 12.4. The van der Waals surface area contributed by atoms with Crippen molar-refractivity contribution < 1.29 is 15.0 Å². The van der Waals surface area contributed by atoms with Crippen molar-refractivity contribution in [3.8, 4) is 0 Å². The van der Waals surface area contributed by atoms with Crippen molar-refractivity contribution >= 4 is 5.91 Å². The highest BCUT2D eigenvalue weighted by Gasteiger charge is 2.17. The van der Waals surface area contributed by atoms with E-state index in [9.17, 15) is 15.0 Å². The predicted octanol–water partition coefficient (Wildman–Crippen LogP) is 15.8. The molecule has 0 fully saturated rings. The van der Waals surface area contributed by atoms with Crippen LogP contribution in [-0.4, -0.2) is 34.9 Å². The van der Waals surface area contributed by atoms with Crippen LogP contribution in [0.4, 0.5) is 0 Å². The molecular weight excluding hydrogens is 711 g/mol. The molecule has 0 aliphatic heterocycles. The van der Waals surface area contributed by atoms with Crippen LogP contribution >= 0.6 is 0 Å². The van der Waals surface area contributed by atoms with E-state index in [1.165, 1.54) is 128 Å². The van der Waals surface area contributed by atoms with E-state index in [4.69, 9.17) is 0 Å². The fourth-order valence-electron chi connectivity index (χ4n) is 6.84. The fourth-order valence-corrected chi connectivity index (χ4v) is 6.84. The Balaban J connectivity index is 3.63. The Morgan fingerprint density at radius 2 is 0.776 bits per heavy atom. The lowest BCUT2D eigenvalue weighted by Gasteiger charge is -2.19. The SMILES string of the molecule is CC/C=C\C/C=C\C/C=C\C/C=C\C/C=C\C/C=C\CCCCCCCCCCCCC(=O)NC(CO)C(O)/C=C/CC/C=C/CCCCCCCCCCCCC. The number of unbranched alkanes of at least 4 members (excludes halogenated alkanes) is 22. The predicted molar refractivity (Wildman–Crippen MR) is 257 cm³/mol. The molecule has 332 valence electrons. The van der Waals surface area contributed by atoms with Crippen molar-refractivity contribution in [3.05, 3.63) is 97.2 Å². The summed E-state index contributed by atoms with van der Waals surface area (Å²) in [4.78, 5) is 12.4. The molecule has 1 amide bonds. The van der Waals surface area contributed by atoms with Gasteiger partial charge in [0.1, 0.15) is 0 Å². The maximum atomic E-state index is 12.4. The lowest BCUT2D eigenvalue weighted by molar-refractivity contribution is -0.123. The van der Waals surface area contributed by atoms with Crippen molar-refractivity contribution in [2.45, 2.75) is 231 Å². The molecule has 4 nitrogen and oxygen atoms in total. The largest absolute Gasteiger partial charge is 0.394 e. The van der Waals surface area contributed by atoms with Crippen molar-refractivity contribution in [1.82, 2.24) is 5.32 Å². The summed E-state index contributed by atoms with van der Waals surface area (Å²) < 4.78 is 0. The van der Waals surface area contributed by atoms with Gasteiger partial charge in [0.25, 0.3) is 0 Å². The van der Waals surface area contributed by atoms with Gasteiger partial charge in [-0.05, 0) is 83.5 Å². The van der Waals surface area contributed by atoms with Gasteiger partial charge in [-0.3, -0.25) is 4.79 Å². The number of amides is 1. The molecule has 0 aromatic rings. The van der Waals surface area contributed by atoms with E-state index in [0.29, 0.717) is 6.42 Å². The van der Waals surface area contributed by atoms with Crippen LogP contribution < -0.4 is 5.32 Å². The minimum absolute atomic E-state index is 0.0825. The first-order chi connectivity index (χ1) is 28.7. The van der Waals surface area contributed by atoms with Gasteiger partial charge in [0.15, 0.2) is 0 Å². The molecule has 2 unspecified atom stereocenters. The second-order valence-corrected chi connectivity index (χ2v) is 16.1. The summed E-state index contributed by atoms with van der Waals surface area (Å²) in [7, 11) is 0. The van der Waals surface area contributed by atoms with Crippen LogP contribution in [0.3, 0.4) is 0 Å². The molecule has 0 aliphatic rings. The molecule has 4 heteroatoms. The number of hydrogen-bond donors (Lipinski definition) is 3. The van der Waals surface area contributed by atoms with Gasteiger partial charge in [-0.15, -0.1) is 0 Å². The molecule has 0 heterocycles.